The molecule has 2 N–H and O–H groups in total. The second-order valence-corrected chi connectivity index (χ2v) is 5.83. The third-order valence-corrected chi connectivity index (χ3v) is 4.33. The topological polar surface area (TPSA) is 57.8 Å². The van der Waals surface area contributed by atoms with Gasteiger partial charge in [-0.25, -0.2) is 4.98 Å². The Morgan fingerprint density at radius 1 is 1.53 bits per heavy atom. The second-order valence-electron chi connectivity index (χ2n) is 3.70. The number of hydrogen-bond acceptors (Lipinski definition) is 4. The van der Waals surface area contributed by atoms with Crippen LogP contribution in [0.1, 0.15) is 15.3 Å². The van der Waals surface area contributed by atoms with E-state index in [1.165, 1.54) is 21.6 Å². The molecule has 17 heavy (non-hydrogen) atoms. The summed E-state index contributed by atoms with van der Waals surface area (Å²) in [6.45, 7) is 4.87. The zero-order valence-corrected chi connectivity index (χ0v) is 11.9. The van der Waals surface area contributed by atoms with Gasteiger partial charge in [-0.1, -0.05) is 0 Å². The molecule has 0 fully saturated rings. The van der Waals surface area contributed by atoms with Gasteiger partial charge >= 0.3 is 0 Å². The average molecular weight is 314 g/mol. The molecule has 2 aromatic rings. The van der Waals surface area contributed by atoms with Gasteiger partial charge in [0.25, 0.3) is 5.56 Å². The summed E-state index contributed by atoms with van der Waals surface area (Å²) >= 11 is 4.96. The van der Waals surface area contributed by atoms with E-state index in [-0.39, 0.29) is 5.56 Å². The molecule has 0 bridgehead atoms. The number of rotatable bonds is 3. The molecule has 4 nitrogen and oxygen atoms in total. The lowest BCUT2D eigenvalue weighted by Crippen LogP contribution is -2.11. The van der Waals surface area contributed by atoms with Crippen molar-refractivity contribution in [1.82, 2.24) is 9.97 Å². The average Bonchev–Trinajstić information content (AvgIpc) is 2.61. The smallest absolute Gasteiger partial charge is 0.267 e. The monoisotopic (exact) mass is 313 g/mol. The zero-order valence-electron chi connectivity index (χ0n) is 9.50. The maximum atomic E-state index is 11.3. The Bertz CT molecular complexity index is 571. The molecular formula is C11H12BrN3OS. The van der Waals surface area contributed by atoms with Gasteiger partial charge in [0.15, 0.2) is 0 Å². The first-order valence-corrected chi connectivity index (χ1v) is 6.72. The van der Waals surface area contributed by atoms with Crippen LogP contribution >= 0.6 is 27.3 Å². The van der Waals surface area contributed by atoms with E-state index in [4.69, 9.17) is 0 Å². The maximum Gasteiger partial charge on any atom is 0.267 e. The van der Waals surface area contributed by atoms with Crippen LogP contribution in [0.4, 0.5) is 5.82 Å². The van der Waals surface area contributed by atoms with Gasteiger partial charge in [-0.2, -0.15) is 0 Å². The molecule has 0 spiro atoms. The molecular weight excluding hydrogens is 302 g/mol. The van der Waals surface area contributed by atoms with E-state index >= 15 is 0 Å². The molecule has 0 amide bonds. The Morgan fingerprint density at radius 2 is 2.29 bits per heavy atom. The van der Waals surface area contributed by atoms with E-state index in [9.17, 15) is 4.79 Å². The van der Waals surface area contributed by atoms with Crippen LogP contribution < -0.4 is 10.9 Å². The third-order valence-electron chi connectivity index (χ3n) is 2.44. The first-order valence-electron chi connectivity index (χ1n) is 5.11. The van der Waals surface area contributed by atoms with Crippen molar-refractivity contribution in [2.75, 3.05) is 5.32 Å². The van der Waals surface area contributed by atoms with E-state index in [1.807, 2.05) is 0 Å². The Balaban J connectivity index is 2.12. The normalized spacial score (nSPS) is 10.5. The van der Waals surface area contributed by atoms with Crippen molar-refractivity contribution in [1.29, 1.82) is 0 Å². The van der Waals surface area contributed by atoms with Gasteiger partial charge in [-0.15, -0.1) is 11.3 Å². The maximum absolute atomic E-state index is 11.3. The number of aromatic amines is 1. The highest BCUT2D eigenvalue weighted by molar-refractivity contribution is 9.10. The minimum absolute atomic E-state index is 0.180. The number of aromatic nitrogens is 2. The number of anilines is 1. The highest BCUT2D eigenvalue weighted by Crippen LogP contribution is 2.22. The summed E-state index contributed by atoms with van der Waals surface area (Å²) in [5, 5.41) is 3.14. The SMILES string of the molecule is Cc1cc(CNc2nc[nH]c(=O)c2Br)sc1C. The lowest BCUT2D eigenvalue weighted by Gasteiger charge is -2.04. The molecule has 0 radical (unpaired) electrons. The van der Waals surface area contributed by atoms with Crippen LogP contribution in [0.3, 0.4) is 0 Å². The van der Waals surface area contributed by atoms with E-state index < -0.39 is 0 Å². The van der Waals surface area contributed by atoms with Crippen LogP contribution in [0.15, 0.2) is 21.7 Å². The van der Waals surface area contributed by atoms with Crippen molar-refractivity contribution in [3.8, 4) is 0 Å². The predicted molar refractivity (Wildman–Crippen MR) is 73.7 cm³/mol. The third kappa shape index (κ3) is 2.76. The molecule has 2 heterocycles. The number of halogens is 1. The molecule has 0 saturated heterocycles. The standard InChI is InChI=1S/C11H12BrN3OS/c1-6-3-8(17-7(6)2)4-13-10-9(12)11(16)15-5-14-10/h3,5H,4H2,1-2H3,(H2,13,14,15,16). The second kappa shape index (κ2) is 5.01. The predicted octanol–water partition coefficient (Wildman–Crippen LogP) is 2.82. The van der Waals surface area contributed by atoms with Crippen molar-refractivity contribution < 1.29 is 0 Å². The Labute approximate surface area is 111 Å². The van der Waals surface area contributed by atoms with E-state index in [0.717, 1.165) is 0 Å². The van der Waals surface area contributed by atoms with Crippen molar-refractivity contribution in [3.05, 3.63) is 42.5 Å². The number of H-pyrrole nitrogens is 1. The Kier molecular flexibility index (Phi) is 3.63. The van der Waals surface area contributed by atoms with Gasteiger partial charge in [0.2, 0.25) is 0 Å². The lowest BCUT2D eigenvalue weighted by molar-refractivity contribution is 1.06. The van der Waals surface area contributed by atoms with Crippen LogP contribution in [0.25, 0.3) is 0 Å². The summed E-state index contributed by atoms with van der Waals surface area (Å²) in [6, 6.07) is 2.15. The van der Waals surface area contributed by atoms with Crippen LogP contribution in [0.2, 0.25) is 0 Å². The summed E-state index contributed by atoms with van der Waals surface area (Å²) in [7, 11) is 0. The van der Waals surface area contributed by atoms with Crippen LogP contribution in [0, 0.1) is 13.8 Å². The van der Waals surface area contributed by atoms with Crippen LogP contribution in [-0.4, -0.2) is 9.97 Å². The summed E-state index contributed by atoms with van der Waals surface area (Å²) < 4.78 is 0.435. The number of thiophene rings is 1. The molecule has 0 aliphatic carbocycles. The van der Waals surface area contributed by atoms with Crippen molar-refractivity contribution in [2.24, 2.45) is 0 Å². The summed E-state index contributed by atoms with van der Waals surface area (Å²) in [5.74, 6) is 0.567. The highest BCUT2D eigenvalue weighted by atomic mass is 79.9. The number of nitrogens with one attached hydrogen (secondary N) is 2. The molecule has 2 rings (SSSR count). The molecule has 2 aromatic heterocycles. The largest absolute Gasteiger partial charge is 0.364 e. The zero-order chi connectivity index (χ0) is 12.4. The first-order chi connectivity index (χ1) is 8.08. The summed E-state index contributed by atoms with van der Waals surface area (Å²) in [6.07, 6.45) is 1.39. The number of hydrogen-bond donors (Lipinski definition) is 2. The van der Waals surface area contributed by atoms with Crippen molar-refractivity contribution in [2.45, 2.75) is 20.4 Å². The van der Waals surface area contributed by atoms with E-state index in [2.05, 4.69) is 51.1 Å². The number of aryl methyl sites for hydroxylation is 2. The minimum Gasteiger partial charge on any atom is -0.364 e. The molecule has 0 atom stereocenters. The summed E-state index contributed by atoms with van der Waals surface area (Å²) in [5.41, 5.74) is 1.12. The van der Waals surface area contributed by atoms with Gasteiger partial charge in [0.05, 0.1) is 12.9 Å². The molecule has 0 aliphatic rings. The lowest BCUT2D eigenvalue weighted by atomic mass is 10.3. The quantitative estimate of drug-likeness (QED) is 0.916. The van der Waals surface area contributed by atoms with E-state index in [0.29, 0.717) is 16.8 Å². The molecule has 0 saturated carbocycles. The van der Waals surface area contributed by atoms with Gasteiger partial charge in [0, 0.05) is 9.75 Å². The molecule has 90 valence electrons. The van der Waals surface area contributed by atoms with Crippen LogP contribution in [-0.2, 0) is 6.54 Å². The molecule has 6 heteroatoms. The van der Waals surface area contributed by atoms with Gasteiger partial charge < -0.3 is 10.3 Å². The van der Waals surface area contributed by atoms with Gasteiger partial charge in [-0.05, 0) is 41.4 Å². The Hall–Kier alpha value is -1.14. The van der Waals surface area contributed by atoms with Crippen molar-refractivity contribution >= 4 is 33.1 Å². The number of nitrogens with zero attached hydrogens (tertiary/aromatic N) is 1. The summed E-state index contributed by atoms with van der Waals surface area (Å²) in [4.78, 5) is 20.5. The first kappa shape index (κ1) is 12.3. The van der Waals surface area contributed by atoms with Crippen molar-refractivity contribution in [3.63, 3.8) is 0 Å². The minimum atomic E-state index is -0.180. The molecule has 0 unspecified atom stereocenters. The molecule has 0 aromatic carbocycles. The fourth-order valence-electron chi connectivity index (χ4n) is 1.41. The van der Waals surface area contributed by atoms with E-state index in [1.54, 1.807) is 11.3 Å². The van der Waals surface area contributed by atoms with Crippen LogP contribution in [0.5, 0.6) is 0 Å². The Morgan fingerprint density at radius 3 is 2.94 bits per heavy atom. The van der Waals surface area contributed by atoms with Gasteiger partial charge in [-0.3, -0.25) is 4.79 Å². The van der Waals surface area contributed by atoms with Gasteiger partial charge in [0.1, 0.15) is 10.3 Å². The fraction of sp³-hybridized carbons (Fsp3) is 0.273. The fourth-order valence-corrected chi connectivity index (χ4v) is 2.76. The highest BCUT2D eigenvalue weighted by Gasteiger charge is 2.06. The molecule has 0 aliphatic heterocycles.